The summed E-state index contributed by atoms with van der Waals surface area (Å²) in [7, 11) is 0. The van der Waals surface area contributed by atoms with Crippen LogP contribution in [0.1, 0.15) is 42.6 Å². The number of hydrogen-bond acceptors (Lipinski definition) is 8. The van der Waals surface area contributed by atoms with E-state index in [-0.39, 0.29) is 29.9 Å². The number of primary amides is 1. The van der Waals surface area contributed by atoms with Crippen LogP contribution < -0.4 is 16.4 Å². The van der Waals surface area contributed by atoms with Crippen molar-refractivity contribution in [2.75, 3.05) is 70.8 Å². The Kier molecular flexibility index (Phi) is 11.8. The molecule has 0 unspecified atom stereocenters. The minimum absolute atomic E-state index is 0.0707. The monoisotopic (exact) mass is 640 g/mol. The topological polar surface area (TPSA) is 120 Å². The maximum atomic E-state index is 12.9. The number of ether oxygens (including phenoxy) is 1. The lowest BCUT2D eigenvalue weighted by atomic mass is 9.90. The van der Waals surface area contributed by atoms with Crippen molar-refractivity contribution >= 4 is 23.5 Å². The first-order valence-electron chi connectivity index (χ1n) is 16.6. The molecule has 2 aliphatic rings. The zero-order valence-electron chi connectivity index (χ0n) is 27.6. The Balaban J connectivity index is 0.986. The number of rotatable bonds is 13. The molecule has 10 nitrogen and oxygen atoms in total. The van der Waals surface area contributed by atoms with Crippen molar-refractivity contribution in [3.63, 3.8) is 0 Å². The molecule has 2 fully saturated rings. The molecule has 3 aromatic rings. The van der Waals surface area contributed by atoms with Gasteiger partial charge in [0.1, 0.15) is 6.10 Å². The number of nitrogens with two attached hydrogens (primary N) is 1. The van der Waals surface area contributed by atoms with Crippen LogP contribution in [0.4, 0.5) is 10.5 Å². The highest BCUT2D eigenvalue weighted by molar-refractivity contribution is 5.97. The summed E-state index contributed by atoms with van der Waals surface area (Å²) in [5, 5.41) is 6.23. The second kappa shape index (κ2) is 16.1. The molecule has 47 heavy (non-hydrogen) atoms. The summed E-state index contributed by atoms with van der Waals surface area (Å²) >= 11 is 0. The molecule has 0 saturated carbocycles. The quantitative estimate of drug-likeness (QED) is 0.188. The van der Waals surface area contributed by atoms with Gasteiger partial charge in [-0.25, -0.2) is 4.79 Å². The Morgan fingerprint density at radius 2 is 1.49 bits per heavy atom. The van der Waals surface area contributed by atoms with Crippen molar-refractivity contribution in [2.45, 2.75) is 38.3 Å². The molecule has 2 aliphatic heterocycles. The summed E-state index contributed by atoms with van der Waals surface area (Å²) in [4.78, 5) is 43.7. The number of hydrogen-bond donors (Lipinski definition) is 3. The minimum Gasteiger partial charge on any atom is -0.446 e. The van der Waals surface area contributed by atoms with Crippen molar-refractivity contribution in [1.29, 1.82) is 0 Å². The van der Waals surface area contributed by atoms with E-state index in [1.807, 2.05) is 66.7 Å². The van der Waals surface area contributed by atoms with Crippen molar-refractivity contribution in [3.8, 4) is 11.1 Å². The number of carbonyl (C=O) groups excluding carboxylic acids is 3. The molecule has 5 rings (SSSR count). The van der Waals surface area contributed by atoms with Crippen LogP contribution in [0, 0.1) is 0 Å². The number of ketones is 1. The number of Topliss-reactive ketones (excluding diaryl/α,β-unsaturated/α-hetero) is 1. The zero-order valence-corrected chi connectivity index (χ0v) is 27.6. The van der Waals surface area contributed by atoms with Gasteiger partial charge in [-0.2, -0.15) is 0 Å². The molecular weight excluding hydrogens is 592 g/mol. The highest BCUT2D eigenvalue weighted by Gasteiger charge is 2.32. The van der Waals surface area contributed by atoms with Crippen LogP contribution in [0.15, 0.2) is 78.9 Å². The molecule has 0 radical (unpaired) electrons. The van der Waals surface area contributed by atoms with Gasteiger partial charge in [-0.3, -0.25) is 24.7 Å². The summed E-state index contributed by atoms with van der Waals surface area (Å²) in [6.45, 7) is 11.5. The van der Waals surface area contributed by atoms with Crippen molar-refractivity contribution in [1.82, 2.24) is 20.0 Å². The van der Waals surface area contributed by atoms with E-state index in [2.05, 4.69) is 51.3 Å². The van der Waals surface area contributed by atoms with E-state index in [1.165, 1.54) is 0 Å². The summed E-state index contributed by atoms with van der Waals surface area (Å²) in [6, 6.07) is 25.7. The van der Waals surface area contributed by atoms with E-state index in [9.17, 15) is 14.4 Å². The Morgan fingerprint density at radius 3 is 2.17 bits per heavy atom. The molecule has 0 bridgehead atoms. The molecule has 0 aromatic heterocycles. The Morgan fingerprint density at radius 1 is 0.830 bits per heavy atom. The van der Waals surface area contributed by atoms with Gasteiger partial charge >= 0.3 is 6.09 Å². The second-order valence-corrected chi connectivity index (χ2v) is 12.9. The number of nitrogens with zero attached hydrogens (tertiary/aromatic N) is 3. The van der Waals surface area contributed by atoms with Crippen LogP contribution >= 0.6 is 0 Å². The van der Waals surface area contributed by atoms with Crippen LogP contribution in [0.25, 0.3) is 11.1 Å². The largest absolute Gasteiger partial charge is 0.446 e. The number of nitrogens with one attached hydrogen (secondary N) is 2. The SMILES string of the molecule is CC(C)(c1ccc(C(=O)CNCCN2CCC(OC(=O)Nc3ccccc3-c3ccccc3)CC2)cc1)N1CCN(CC(N)=O)CC1. The lowest BCUT2D eigenvalue weighted by molar-refractivity contribution is -0.119. The fourth-order valence-electron chi connectivity index (χ4n) is 6.48. The molecule has 0 spiro atoms. The third-order valence-corrected chi connectivity index (χ3v) is 9.40. The van der Waals surface area contributed by atoms with Crippen LogP contribution in [-0.4, -0.2) is 104 Å². The highest BCUT2D eigenvalue weighted by atomic mass is 16.6. The number of anilines is 1. The number of likely N-dealkylation sites (tertiary alicyclic amines) is 1. The molecule has 0 atom stereocenters. The molecular formula is C37H48N6O4. The lowest BCUT2D eigenvalue weighted by Crippen LogP contribution is -2.54. The number of para-hydroxylation sites is 1. The van der Waals surface area contributed by atoms with E-state index in [0.717, 1.165) is 81.0 Å². The average molecular weight is 641 g/mol. The Bertz CT molecular complexity index is 1480. The average Bonchev–Trinajstić information content (AvgIpc) is 3.08. The van der Waals surface area contributed by atoms with Crippen LogP contribution in [0.5, 0.6) is 0 Å². The van der Waals surface area contributed by atoms with Gasteiger partial charge in [-0.15, -0.1) is 0 Å². The van der Waals surface area contributed by atoms with E-state index < -0.39 is 6.09 Å². The molecule has 2 heterocycles. The van der Waals surface area contributed by atoms with Gasteiger partial charge in [-0.05, 0) is 43.9 Å². The van der Waals surface area contributed by atoms with Gasteiger partial charge in [0, 0.05) is 69.0 Å². The summed E-state index contributed by atoms with van der Waals surface area (Å²) < 4.78 is 5.76. The molecule has 2 amide bonds. The van der Waals surface area contributed by atoms with Crippen molar-refractivity contribution in [2.24, 2.45) is 5.73 Å². The number of benzene rings is 3. The third kappa shape index (κ3) is 9.48. The zero-order chi connectivity index (χ0) is 33.2. The van der Waals surface area contributed by atoms with Crippen molar-refractivity contribution in [3.05, 3.63) is 90.0 Å². The fourth-order valence-corrected chi connectivity index (χ4v) is 6.48. The number of piperidine rings is 1. The first kappa shape index (κ1) is 34.3. The first-order valence-corrected chi connectivity index (χ1v) is 16.6. The molecule has 2 saturated heterocycles. The summed E-state index contributed by atoms with van der Waals surface area (Å²) in [5.74, 6) is -0.218. The van der Waals surface area contributed by atoms with E-state index in [0.29, 0.717) is 18.7 Å². The molecule has 10 heteroatoms. The predicted octanol–water partition coefficient (Wildman–Crippen LogP) is 4.18. The van der Waals surface area contributed by atoms with Gasteiger partial charge in [0.25, 0.3) is 0 Å². The van der Waals surface area contributed by atoms with Crippen LogP contribution in [0.2, 0.25) is 0 Å². The minimum atomic E-state index is -0.427. The van der Waals surface area contributed by atoms with Crippen LogP contribution in [-0.2, 0) is 15.1 Å². The van der Waals surface area contributed by atoms with Gasteiger partial charge in [0.2, 0.25) is 5.91 Å². The number of carbonyl (C=O) groups is 3. The van der Waals surface area contributed by atoms with Gasteiger partial charge < -0.3 is 20.7 Å². The fraction of sp³-hybridized carbons (Fsp3) is 0.432. The smallest absolute Gasteiger partial charge is 0.411 e. The predicted molar refractivity (Wildman–Crippen MR) is 185 cm³/mol. The normalized spacial score (nSPS) is 16.9. The van der Waals surface area contributed by atoms with Crippen LogP contribution in [0.3, 0.4) is 0 Å². The standard InChI is InChI=1S/C37H48N6O4/c1-37(2,43-24-22-42(23-25-43)27-35(38)45)30-14-12-29(13-15-30)34(44)26-39-18-21-41-19-16-31(17-20-41)47-36(46)40-33-11-7-6-10-32(33)28-8-4-3-5-9-28/h3-15,31,39H,16-27H2,1-2H3,(H2,38,45)(H,40,46). The molecule has 250 valence electrons. The van der Waals surface area contributed by atoms with Gasteiger partial charge in [0.15, 0.2) is 5.78 Å². The third-order valence-electron chi connectivity index (χ3n) is 9.40. The van der Waals surface area contributed by atoms with Gasteiger partial charge in [-0.1, -0.05) is 72.8 Å². The summed E-state index contributed by atoms with van der Waals surface area (Å²) in [6.07, 6.45) is 1.00. The maximum absolute atomic E-state index is 12.9. The number of piperazine rings is 1. The highest BCUT2D eigenvalue weighted by Crippen LogP contribution is 2.30. The van der Waals surface area contributed by atoms with E-state index in [4.69, 9.17) is 10.5 Å². The van der Waals surface area contributed by atoms with E-state index in [1.54, 1.807) is 0 Å². The van der Waals surface area contributed by atoms with Gasteiger partial charge in [0.05, 0.1) is 18.8 Å². The second-order valence-electron chi connectivity index (χ2n) is 12.9. The molecule has 0 aliphatic carbocycles. The first-order chi connectivity index (χ1) is 22.7. The Hall–Kier alpha value is -4.09. The number of amides is 2. The van der Waals surface area contributed by atoms with Crippen molar-refractivity contribution < 1.29 is 19.1 Å². The maximum Gasteiger partial charge on any atom is 0.411 e. The summed E-state index contributed by atoms with van der Waals surface area (Å²) in [5.41, 5.74) is 9.75. The lowest BCUT2D eigenvalue weighted by Gasteiger charge is -2.44. The molecule has 4 N–H and O–H groups in total. The Labute approximate surface area is 278 Å². The molecule has 3 aromatic carbocycles. The van der Waals surface area contributed by atoms with E-state index >= 15 is 0 Å².